The van der Waals surface area contributed by atoms with Crippen LogP contribution in [0.4, 0.5) is 0 Å². The molecule has 0 N–H and O–H groups in total. The van der Waals surface area contributed by atoms with Crippen LogP contribution < -0.4 is 0 Å². The molecule has 0 amide bonds. The molecule has 0 spiro atoms. The van der Waals surface area contributed by atoms with E-state index in [1.165, 1.54) is 12.0 Å². The van der Waals surface area contributed by atoms with Crippen molar-refractivity contribution >= 4 is 11.8 Å². The standard InChI is InChI=1S/C12H20S/c1-5-7-12(8-6-2)10-9-11(3)13-4/h5-8,11H,1,9-10H2,2-4H3/b8-6-,12-7+. The molecule has 0 rings (SSSR count). The van der Waals surface area contributed by atoms with Gasteiger partial charge in [-0.05, 0) is 31.6 Å². The average Bonchev–Trinajstić information content (AvgIpc) is 2.14. The number of hydrogen-bond acceptors (Lipinski definition) is 1. The summed E-state index contributed by atoms with van der Waals surface area (Å²) in [5, 5.41) is 0.749. The van der Waals surface area contributed by atoms with Crippen molar-refractivity contribution in [1.29, 1.82) is 0 Å². The van der Waals surface area contributed by atoms with Gasteiger partial charge in [0.2, 0.25) is 0 Å². The van der Waals surface area contributed by atoms with Crippen molar-refractivity contribution < 1.29 is 0 Å². The molecule has 0 fully saturated rings. The van der Waals surface area contributed by atoms with Crippen molar-refractivity contribution in [2.75, 3.05) is 6.26 Å². The highest BCUT2D eigenvalue weighted by Crippen LogP contribution is 2.16. The second kappa shape index (κ2) is 8.18. The molecule has 0 nitrogen and oxygen atoms in total. The van der Waals surface area contributed by atoms with Gasteiger partial charge in [0.1, 0.15) is 0 Å². The summed E-state index contributed by atoms with van der Waals surface area (Å²) >= 11 is 1.93. The lowest BCUT2D eigenvalue weighted by atomic mass is 10.1. The van der Waals surface area contributed by atoms with Gasteiger partial charge in [-0.15, -0.1) is 0 Å². The molecule has 1 atom stereocenters. The van der Waals surface area contributed by atoms with Crippen molar-refractivity contribution in [2.24, 2.45) is 0 Å². The molecule has 1 heteroatoms. The Bertz CT molecular complexity index is 189. The summed E-state index contributed by atoms with van der Waals surface area (Å²) in [6.45, 7) is 8.03. The average molecular weight is 196 g/mol. The molecule has 0 aliphatic carbocycles. The van der Waals surface area contributed by atoms with E-state index in [0.29, 0.717) is 0 Å². The Morgan fingerprint density at radius 1 is 1.54 bits per heavy atom. The quantitative estimate of drug-likeness (QED) is 0.574. The van der Waals surface area contributed by atoms with Gasteiger partial charge in [-0.25, -0.2) is 0 Å². The van der Waals surface area contributed by atoms with E-state index in [-0.39, 0.29) is 0 Å². The van der Waals surface area contributed by atoms with Crippen molar-refractivity contribution in [1.82, 2.24) is 0 Å². The largest absolute Gasteiger partial charge is 0.162 e. The van der Waals surface area contributed by atoms with E-state index in [1.54, 1.807) is 0 Å². The maximum absolute atomic E-state index is 3.71. The normalized spacial score (nSPS) is 14.8. The molecule has 0 saturated heterocycles. The smallest absolute Gasteiger partial charge is 0.00191 e. The van der Waals surface area contributed by atoms with E-state index >= 15 is 0 Å². The molecular weight excluding hydrogens is 176 g/mol. The molecule has 74 valence electrons. The van der Waals surface area contributed by atoms with Crippen LogP contribution >= 0.6 is 11.8 Å². The topological polar surface area (TPSA) is 0 Å². The first-order valence-electron chi connectivity index (χ1n) is 4.71. The van der Waals surface area contributed by atoms with E-state index in [2.05, 4.69) is 44.9 Å². The van der Waals surface area contributed by atoms with Crippen LogP contribution in [0.3, 0.4) is 0 Å². The highest BCUT2D eigenvalue weighted by Gasteiger charge is 1.99. The fraction of sp³-hybridized carbons (Fsp3) is 0.500. The zero-order valence-electron chi connectivity index (χ0n) is 8.92. The minimum Gasteiger partial charge on any atom is -0.162 e. The Kier molecular flexibility index (Phi) is 7.91. The van der Waals surface area contributed by atoms with Gasteiger partial charge in [-0.3, -0.25) is 0 Å². The first-order valence-corrected chi connectivity index (χ1v) is 6.00. The lowest BCUT2D eigenvalue weighted by molar-refractivity contribution is 0.816. The Morgan fingerprint density at radius 3 is 2.69 bits per heavy atom. The second-order valence-electron chi connectivity index (χ2n) is 3.06. The third kappa shape index (κ3) is 6.71. The fourth-order valence-corrected chi connectivity index (χ4v) is 1.43. The van der Waals surface area contributed by atoms with Crippen molar-refractivity contribution in [3.05, 3.63) is 36.5 Å². The Morgan fingerprint density at radius 2 is 2.23 bits per heavy atom. The van der Waals surface area contributed by atoms with Gasteiger partial charge in [0.15, 0.2) is 0 Å². The molecule has 0 aliphatic rings. The van der Waals surface area contributed by atoms with Crippen LogP contribution in [0.25, 0.3) is 0 Å². The highest BCUT2D eigenvalue weighted by molar-refractivity contribution is 7.99. The molecule has 1 unspecified atom stereocenters. The Hall–Kier alpha value is -0.430. The lowest BCUT2D eigenvalue weighted by Crippen LogP contribution is -1.94. The first-order chi connectivity index (χ1) is 6.24. The molecule has 0 radical (unpaired) electrons. The van der Waals surface area contributed by atoms with Gasteiger partial charge in [0.05, 0.1) is 0 Å². The molecule has 0 aliphatic heterocycles. The highest BCUT2D eigenvalue weighted by atomic mass is 32.2. The predicted molar refractivity (Wildman–Crippen MR) is 65.3 cm³/mol. The molecule has 0 aromatic rings. The van der Waals surface area contributed by atoms with Gasteiger partial charge in [-0.1, -0.05) is 37.8 Å². The van der Waals surface area contributed by atoms with E-state index in [0.717, 1.165) is 11.7 Å². The van der Waals surface area contributed by atoms with Crippen molar-refractivity contribution in [3.63, 3.8) is 0 Å². The summed E-state index contributed by atoms with van der Waals surface area (Å²) in [7, 11) is 0. The zero-order chi connectivity index (χ0) is 10.1. The maximum atomic E-state index is 3.71. The molecule has 0 aromatic carbocycles. The van der Waals surface area contributed by atoms with Crippen molar-refractivity contribution in [3.8, 4) is 0 Å². The molecule has 13 heavy (non-hydrogen) atoms. The van der Waals surface area contributed by atoms with Crippen LogP contribution in [0.1, 0.15) is 26.7 Å². The monoisotopic (exact) mass is 196 g/mol. The van der Waals surface area contributed by atoms with Gasteiger partial charge >= 0.3 is 0 Å². The first kappa shape index (κ1) is 12.6. The summed E-state index contributed by atoms with van der Waals surface area (Å²) in [4.78, 5) is 0. The van der Waals surface area contributed by atoms with E-state index in [9.17, 15) is 0 Å². The van der Waals surface area contributed by atoms with Crippen molar-refractivity contribution in [2.45, 2.75) is 31.9 Å². The minimum absolute atomic E-state index is 0.749. The van der Waals surface area contributed by atoms with Crippen LogP contribution in [0.5, 0.6) is 0 Å². The van der Waals surface area contributed by atoms with E-state index < -0.39 is 0 Å². The van der Waals surface area contributed by atoms with Gasteiger partial charge in [0, 0.05) is 5.25 Å². The van der Waals surface area contributed by atoms with Crippen LogP contribution in [-0.2, 0) is 0 Å². The fourth-order valence-electron chi connectivity index (χ4n) is 1.08. The van der Waals surface area contributed by atoms with Gasteiger partial charge < -0.3 is 0 Å². The van der Waals surface area contributed by atoms with E-state index in [4.69, 9.17) is 0 Å². The van der Waals surface area contributed by atoms with E-state index in [1.807, 2.05) is 17.8 Å². The van der Waals surface area contributed by atoms with Crippen LogP contribution in [-0.4, -0.2) is 11.5 Å². The molecule has 0 bridgehead atoms. The van der Waals surface area contributed by atoms with Gasteiger partial charge in [0.25, 0.3) is 0 Å². The third-order valence-electron chi connectivity index (χ3n) is 1.95. The number of thioether (sulfide) groups is 1. The lowest BCUT2D eigenvalue weighted by Gasteiger charge is -2.07. The number of hydrogen-bond donors (Lipinski definition) is 0. The molecule has 0 saturated carbocycles. The van der Waals surface area contributed by atoms with Crippen LogP contribution in [0, 0.1) is 0 Å². The summed E-state index contributed by atoms with van der Waals surface area (Å²) in [5.41, 5.74) is 1.37. The zero-order valence-corrected chi connectivity index (χ0v) is 9.73. The van der Waals surface area contributed by atoms with Crippen LogP contribution in [0.2, 0.25) is 0 Å². The summed E-state index contributed by atoms with van der Waals surface area (Å²) < 4.78 is 0. The summed E-state index contributed by atoms with van der Waals surface area (Å²) in [6, 6.07) is 0. The van der Waals surface area contributed by atoms with Gasteiger partial charge in [-0.2, -0.15) is 11.8 Å². The molecule has 0 heterocycles. The second-order valence-corrected chi connectivity index (χ2v) is 4.34. The predicted octanol–water partition coefficient (Wildman–Crippen LogP) is 4.21. The Balaban J connectivity index is 3.97. The summed E-state index contributed by atoms with van der Waals surface area (Å²) in [6.07, 6.45) is 12.8. The maximum Gasteiger partial charge on any atom is 0.00191 e. The molecule has 0 aromatic heterocycles. The third-order valence-corrected chi connectivity index (χ3v) is 3.00. The minimum atomic E-state index is 0.749. The number of allylic oxidation sites excluding steroid dienone is 5. The molecular formula is C12H20S. The Labute approximate surface area is 86.8 Å². The van der Waals surface area contributed by atoms with Crippen LogP contribution in [0.15, 0.2) is 36.5 Å². The summed E-state index contributed by atoms with van der Waals surface area (Å²) in [5.74, 6) is 0. The SMILES string of the molecule is C=C/C=C(\C=C/C)CCC(C)SC. The number of rotatable bonds is 6.